The van der Waals surface area contributed by atoms with Gasteiger partial charge in [-0.05, 0) is 38.5 Å². The summed E-state index contributed by atoms with van der Waals surface area (Å²) in [7, 11) is 0. The first kappa shape index (κ1) is 18.4. The fourth-order valence-corrected chi connectivity index (χ4v) is 3.05. The molecular formula is C17H34N2O2. The van der Waals surface area contributed by atoms with E-state index in [2.05, 4.69) is 24.1 Å². The van der Waals surface area contributed by atoms with Gasteiger partial charge in [0.25, 0.3) is 0 Å². The Morgan fingerprint density at radius 1 is 1.24 bits per heavy atom. The Morgan fingerprint density at radius 3 is 2.43 bits per heavy atom. The number of carbonyl (C=O) groups excluding carboxylic acids is 1. The molecule has 4 nitrogen and oxygen atoms in total. The number of piperidine rings is 1. The maximum absolute atomic E-state index is 12.0. The van der Waals surface area contributed by atoms with Gasteiger partial charge in [-0.3, -0.25) is 9.69 Å². The zero-order valence-electron chi connectivity index (χ0n) is 14.4. The van der Waals surface area contributed by atoms with Gasteiger partial charge in [-0.1, -0.05) is 27.7 Å². The molecular weight excluding hydrogens is 264 g/mol. The van der Waals surface area contributed by atoms with E-state index in [-0.39, 0.29) is 24.0 Å². The van der Waals surface area contributed by atoms with Gasteiger partial charge in [0, 0.05) is 31.1 Å². The Morgan fingerprint density at radius 2 is 1.90 bits per heavy atom. The summed E-state index contributed by atoms with van der Waals surface area (Å²) in [6.45, 7) is 12.3. The average molecular weight is 298 g/mol. The minimum atomic E-state index is -0.215. The molecule has 21 heavy (non-hydrogen) atoms. The highest BCUT2D eigenvalue weighted by molar-refractivity contribution is 5.78. The number of hydrogen-bond acceptors (Lipinski definition) is 3. The molecule has 1 heterocycles. The minimum absolute atomic E-state index is 0.0312. The van der Waals surface area contributed by atoms with E-state index >= 15 is 0 Å². The second-order valence-electron chi connectivity index (χ2n) is 6.97. The van der Waals surface area contributed by atoms with Crippen molar-refractivity contribution in [3.05, 3.63) is 0 Å². The van der Waals surface area contributed by atoms with Crippen LogP contribution >= 0.6 is 0 Å². The standard InChI is InChI=1S/C17H34N2O2/c1-6-13(5)19-10-14(9-16(20)7-2)8-15(11-19)18-17(21)12(3)4/h12-16,20H,6-11H2,1-5H3,(H,18,21). The first-order chi connectivity index (χ1) is 9.87. The van der Waals surface area contributed by atoms with Crippen LogP contribution in [0.25, 0.3) is 0 Å². The van der Waals surface area contributed by atoms with E-state index in [0.717, 1.165) is 38.8 Å². The quantitative estimate of drug-likeness (QED) is 0.759. The number of likely N-dealkylation sites (tertiary alicyclic amines) is 1. The van der Waals surface area contributed by atoms with E-state index in [1.54, 1.807) is 0 Å². The van der Waals surface area contributed by atoms with Gasteiger partial charge in [0.05, 0.1) is 6.10 Å². The number of carbonyl (C=O) groups is 1. The molecule has 1 rings (SSSR count). The monoisotopic (exact) mass is 298 g/mol. The maximum Gasteiger partial charge on any atom is 0.222 e. The molecule has 1 amide bonds. The van der Waals surface area contributed by atoms with Crippen molar-refractivity contribution in [2.24, 2.45) is 11.8 Å². The number of rotatable bonds is 7. The summed E-state index contributed by atoms with van der Waals surface area (Å²) < 4.78 is 0. The van der Waals surface area contributed by atoms with E-state index < -0.39 is 0 Å². The molecule has 0 aliphatic carbocycles. The van der Waals surface area contributed by atoms with Crippen LogP contribution in [-0.4, -0.2) is 47.2 Å². The predicted molar refractivity (Wildman–Crippen MR) is 87.1 cm³/mol. The third kappa shape index (κ3) is 5.95. The van der Waals surface area contributed by atoms with Gasteiger partial charge < -0.3 is 10.4 Å². The molecule has 0 radical (unpaired) electrons. The van der Waals surface area contributed by atoms with Gasteiger partial charge >= 0.3 is 0 Å². The lowest BCUT2D eigenvalue weighted by molar-refractivity contribution is -0.125. The highest BCUT2D eigenvalue weighted by atomic mass is 16.3. The summed E-state index contributed by atoms with van der Waals surface area (Å²) in [5.41, 5.74) is 0. The third-order valence-corrected chi connectivity index (χ3v) is 4.73. The summed E-state index contributed by atoms with van der Waals surface area (Å²) >= 11 is 0. The molecule has 1 saturated heterocycles. The van der Waals surface area contributed by atoms with Crippen molar-refractivity contribution < 1.29 is 9.90 Å². The van der Waals surface area contributed by atoms with Gasteiger partial charge in [-0.15, -0.1) is 0 Å². The molecule has 0 bridgehead atoms. The molecule has 0 aromatic heterocycles. The molecule has 2 N–H and O–H groups in total. The van der Waals surface area contributed by atoms with Crippen LogP contribution in [0.4, 0.5) is 0 Å². The zero-order chi connectivity index (χ0) is 16.0. The number of aliphatic hydroxyl groups excluding tert-OH is 1. The van der Waals surface area contributed by atoms with Gasteiger partial charge in [-0.25, -0.2) is 0 Å². The Kier molecular flexibility index (Phi) is 7.67. The summed E-state index contributed by atoms with van der Waals surface area (Å²) in [5, 5.41) is 13.1. The van der Waals surface area contributed by atoms with Crippen LogP contribution in [0.5, 0.6) is 0 Å². The smallest absolute Gasteiger partial charge is 0.222 e. The molecule has 1 aliphatic rings. The number of nitrogens with zero attached hydrogens (tertiary/aromatic N) is 1. The van der Waals surface area contributed by atoms with Crippen molar-refractivity contribution >= 4 is 5.91 Å². The van der Waals surface area contributed by atoms with Crippen molar-refractivity contribution in [3.63, 3.8) is 0 Å². The molecule has 0 aromatic carbocycles. The van der Waals surface area contributed by atoms with Crippen LogP contribution < -0.4 is 5.32 Å². The second-order valence-corrected chi connectivity index (χ2v) is 6.97. The van der Waals surface area contributed by atoms with Gasteiger partial charge in [-0.2, -0.15) is 0 Å². The summed E-state index contributed by atoms with van der Waals surface area (Å²) in [6, 6.07) is 0.752. The minimum Gasteiger partial charge on any atom is -0.393 e. The summed E-state index contributed by atoms with van der Waals surface area (Å²) in [6.07, 6.45) is 3.55. The highest BCUT2D eigenvalue weighted by Crippen LogP contribution is 2.24. The molecule has 4 unspecified atom stereocenters. The maximum atomic E-state index is 12.0. The molecule has 0 spiro atoms. The Labute approximate surface area is 130 Å². The summed E-state index contributed by atoms with van der Waals surface area (Å²) in [5.74, 6) is 0.643. The van der Waals surface area contributed by atoms with Gasteiger partial charge in [0.15, 0.2) is 0 Å². The van der Waals surface area contributed by atoms with Crippen LogP contribution in [0.2, 0.25) is 0 Å². The zero-order valence-corrected chi connectivity index (χ0v) is 14.4. The van der Waals surface area contributed by atoms with E-state index in [0.29, 0.717) is 12.0 Å². The van der Waals surface area contributed by atoms with Crippen molar-refractivity contribution in [1.82, 2.24) is 10.2 Å². The Balaban J connectivity index is 2.67. The lowest BCUT2D eigenvalue weighted by Crippen LogP contribution is -2.54. The molecule has 0 saturated carbocycles. The van der Waals surface area contributed by atoms with E-state index in [1.165, 1.54) is 0 Å². The van der Waals surface area contributed by atoms with Crippen molar-refractivity contribution in [1.29, 1.82) is 0 Å². The Hall–Kier alpha value is -0.610. The molecule has 1 fully saturated rings. The van der Waals surface area contributed by atoms with Gasteiger partial charge in [0.1, 0.15) is 0 Å². The fraction of sp³-hybridized carbons (Fsp3) is 0.941. The highest BCUT2D eigenvalue weighted by Gasteiger charge is 2.31. The van der Waals surface area contributed by atoms with Crippen LogP contribution in [0.3, 0.4) is 0 Å². The van der Waals surface area contributed by atoms with Crippen LogP contribution in [0, 0.1) is 11.8 Å². The van der Waals surface area contributed by atoms with Crippen LogP contribution in [0.15, 0.2) is 0 Å². The first-order valence-corrected chi connectivity index (χ1v) is 8.59. The molecule has 0 aromatic rings. The number of hydrogen-bond donors (Lipinski definition) is 2. The number of aliphatic hydroxyl groups is 1. The van der Waals surface area contributed by atoms with Crippen LogP contribution in [0.1, 0.15) is 60.3 Å². The fourth-order valence-electron chi connectivity index (χ4n) is 3.05. The van der Waals surface area contributed by atoms with Crippen molar-refractivity contribution in [2.75, 3.05) is 13.1 Å². The van der Waals surface area contributed by atoms with Gasteiger partial charge in [0.2, 0.25) is 5.91 Å². The molecule has 4 atom stereocenters. The molecule has 124 valence electrons. The Bertz CT molecular complexity index is 320. The lowest BCUT2D eigenvalue weighted by atomic mass is 9.87. The van der Waals surface area contributed by atoms with E-state index in [1.807, 2.05) is 20.8 Å². The summed E-state index contributed by atoms with van der Waals surface area (Å²) in [4.78, 5) is 14.4. The van der Waals surface area contributed by atoms with Crippen LogP contribution in [-0.2, 0) is 4.79 Å². The average Bonchev–Trinajstić information content (AvgIpc) is 2.45. The second kappa shape index (κ2) is 8.74. The normalized spacial score (nSPS) is 26.6. The van der Waals surface area contributed by atoms with E-state index in [9.17, 15) is 9.90 Å². The molecule has 4 heteroatoms. The lowest BCUT2D eigenvalue weighted by Gasteiger charge is -2.41. The topological polar surface area (TPSA) is 52.6 Å². The number of nitrogens with one attached hydrogen (secondary N) is 1. The predicted octanol–water partition coefficient (Wildman–Crippen LogP) is 2.41. The van der Waals surface area contributed by atoms with Crippen molar-refractivity contribution in [2.45, 2.75) is 78.5 Å². The van der Waals surface area contributed by atoms with Crippen molar-refractivity contribution in [3.8, 4) is 0 Å². The first-order valence-electron chi connectivity index (χ1n) is 8.59. The SMILES string of the molecule is CCC(O)CC1CC(NC(=O)C(C)C)CN(C(C)CC)C1. The largest absolute Gasteiger partial charge is 0.393 e. The number of amides is 1. The third-order valence-electron chi connectivity index (χ3n) is 4.73. The molecule has 1 aliphatic heterocycles. The van der Waals surface area contributed by atoms with E-state index in [4.69, 9.17) is 0 Å².